The highest BCUT2D eigenvalue weighted by atomic mass is 16.5. The Morgan fingerprint density at radius 1 is 0.935 bits per heavy atom. The Bertz CT molecular complexity index is 862. The highest BCUT2D eigenvalue weighted by Gasteiger charge is 2.38. The van der Waals surface area contributed by atoms with E-state index < -0.39 is 0 Å². The third kappa shape index (κ3) is 5.04. The van der Waals surface area contributed by atoms with Gasteiger partial charge >= 0.3 is 0 Å². The molecule has 2 aliphatic rings. The van der Waals surface area contributed by atoms with Gasteiger partial charge in [0.2, 0.25) is 0 Å². The van der Waals surface area contributed by atoms with E-state index in [4.69, 9.17) is 9.47 Å². The molecular formula is C26H34N2O3. The van der Waals surface area contributed by atoms with Gasteiger partial charge in [-0.25, -0.2) is 0 Å². The molecule has 0 bridgehead atoms. The summed E-state index contributed by atoms with van der Waals surface area (Å²) in [6, 6.07) is 15.8. The van der Waals surface area contributed by atoms with Gasteiger partial charge in [-0.05, 0) is 81.4 Å². The molecule has 2 aliphatic heterocycles. The molecule has 2 fully saturated rings. The first-order chi connectivity index (χ1) is 15.1. The summed E-state index contributed by atoms with van der Waals surface area (Å²) < 4.78 is 11.0. The Balaban J connectivity index is 1.29. The fourth-order valence-electron chi connectivity index (χ4n) is 4.96. The first-order valence-electron chi connectivity index (χ1n) is 11.5. The average molecular weight is 423 g/mol. The van der Waals surface area contributed by atoms with Crippen LogP contribution in [0.15, 0.2) is 48.5 Å². The number of ether oxygens (including phenoxy) is 2. The summed E-state index contributed by atoms with van der Waals surface area (Å²) in [6.45, 7) is 7.64. The van der Waals surface area contributed by atoms with Gasteiger partial charge in [0, 0.05) is 30.8 Å². The van der Waals surface area contributed by atoms with Crippen LogP contribution in [0.4, 0.5) is 0 Å². The fourth-order valence-corrected chi connectivity index (χ4v) is 4.96. The summed E-state index contributed by atoms with van der Waals surface area (Å²) in [5.74, 6) is 1.93. The molecule has 0 radical (unpaired) electrons. The lowest BCUT2D eigenvalue weighted by Gasteiger charge is -2.47. The van der Waals surface area contributed by atoms with Gasteiger partial charge < -0.3 is 14.4 Å². The molecule has 2 heterocycles. The van der Waals surface area contributed by atoms with E-state index in [2.05, 4.69) is 23.1 Å². The lowest BCUT2D eigenvalue weighted by Crippen LogP contribution is -2.48. The molecule has 0 N–H and O–H groups in total. The van der Waals surface area contributed by atoms with Gasteiger partial charge in [-0.15, -0.1) is 0 Å². The van der Waals surface area contributed by atoms with Crippen LogP contribution in [0.2, 0.25) is 0 Å². The molecule has 2 saturated heterocycles. The highest BCUT2D eigenvalue weighted by molar-refractivity contribution is 5.94. The van der Waals surface area contributed by atoms with Gasteiger partial charge in [0.05, 0.1) is 13.7 Å². The quantitative estimate of drug-likeness (QED) is 0.682. The molecule has 1 amide bonds. The molecule has 5 heteroatoms. The van der Waals surface area contributed by atoms with Crippen molar-refractivity contribution in [2.45, 2.75) is 39.2 Å². The van der Waals surface area contributed by atoms with Crippen LogP contribution in [0.5, 0.6) is 11.5 Å². The number of methoxy groups -OCH3 is 1. The minimum absolute atomic E-state index is 0.141. The number of hydrogen-bond acceptors (Lipinski definition) is 4. The summed E-state index contributed by atoms with van der Waals surface area (Å²) in [4.78, 5) is 17.5. The number of amides is 1. The van der Waals surface area contributed by atoms with Crippen LogP contribution in [-0.4, -0.2) is 55.6 Å². The Morgan fingerprint density at radius 3 is 2.23 bits per heavy atom. The molecule has 4 rings (SSSR count). The summed E-state index contributed by atoms with van der Waals surface area (Å²) in [5, 5.41) is 0. The Kier molecular flexibility index (Phi) is 6.81. The van der Waals surface area contributed by atoms with Crippen LogP contribution in [-0.2, 0) is 6.54 Å². The standard InChI is InChI=1S/C26H34N2O3/c1-3-31-24-7-5-4-6-22(24)20-27-16-12-26(13-17-27)14-18-28(19-15-26)25(29)21-8-10-23(30-2)11-9-21/h4-11H,3,12-20H2,1-2H3. The zero-order valence-electron chi connectivity index (χ0n) is 18.8. The predicted molar refractivity (Wildman–Crippen MR) is 123 cm³/mol. The molecule has 0 aliphatic carbocycles. The smallest absolute Gasteiger partial charge is 0.253 e. The summed E-state index contributed by atoms with van der Waals surface area (Å²) >= 11 is 0. The van der Waals surface area contributed by atoms with E-state index in [1.54, 1.807) is 7.11 Å². The van der Waals surface area contributed by atoms with E-state index in [-0.39, 0.29) is 5.91 Å². The normalized spacial score (nSPS) is 18.7. The predicted octanol–water partition coefficient (Wildman–Crippen LogP) is 4.61. The fraction of sp³-hybridized carbons (Fsp3) is 0.500. The Morgan fingerprint density at radius 2 is 1.58 bits per heavy atom. The van der Waals surface area contributed by atoms with Crippen molar-refractivity contribution in [3.05, 3.63) is 59.7 Å². The van der Waals surface area contributed by atoms with E-state index in [0.717, 1.165) is 62.6 Å². The number of carbonyl (C=O) groups excluding carboxylic acids is 1. The first kappa shape index (κ1) is 21.7. The van der Waals surface area contributed by atoms with E-state index in [1.807, 2.05) is 42.2 Å². The zero-order valence-corrected chi connectivity index (χ0v) is 18.8. The molecule has 166 valence electrons. The van der Waals surface area contributed by atoms with E-state index >= 15 is 0 Å². The number of likely N-dealkylation sites (tertiary alicyclic amines) is 2. The minimum atomic E-state index is 0.141. The monoisotopic (exact) mass is 422 g/mol. The molecule has 0 aromatic heterocycles. The second-order valence-corrected chi connectivity index (χ2v) is 8.84. The van der Waals surface area contributed by atoms with Crippen molar-refractivity contribution in [3.63, 3.8) is 0 Å². The molecule has 2 aromatic rings. The van der Waals surface area contributed by atoms with Crippen molar-refractivity contribution in [1.29, 1.82) is 0 Å². The molecule has 2 aromatic carbocycles. The SMILES string of the molecule is CCOc1ccccc1CN1CCC2(CC1)CCN(C(=O)c1ccc(OC)cc1)CC2. The van der Waals surface area contributed by atoms with Crippen LogP contribution in [0.1, 0.15) is 48.5 Å². The first-order valence-corrected chi connectivity index (χ1v) is 11.5. The van der Waals surface area contributed by atoms with Gasteiger partial charge in [0.15, 0.2) is 0 Å². The number of carbonyl (C=O) groups is 1. The molecule has 5 nitrogen and oxygen atoms in total. The van der Waals surface area contributed by atoms with Crippen LogP contribution < -0.4 is 9.47 Å². The third-order valence-electron chi connectivity index (χ3n) is 7.03. The van der Waals surface area contributed by atoms with E-state index in [1.165, 1.54) is 18.4 Å². The second-order valence-electron chi connectivity index (χ2n) is 8.84. The van der Waals surface area contributed by atoms with Gasteiger partial charge in [-0.3, -0.25) is 9.69 Å². The van der Waals surface area contributed by atoms with Gasteiger partial charge in [-0.1, -0.05) is 18.2 Å². The van der Waals surface area contributed by atoms with Gasteiger partial charge in [0.1, 0.15) is 11.5 Å². The number of rotatable bonds is 6. The van der Waals surface area contributed by atoms with Crippen LogP contribution in [0.25, 0.3) is 0 Å². The van der Waals surface area contributed by atoms with Crippen molar-refractivity contribution in [2.24, 2.45) is 5.41 Å². The van der Waals surface area contributed by atoms with E-state index in [9.17, 15) is 4.79 Å². The lowest BCUT2D eigenvalue weighted by molar-refractivity contribution is 0.0283. The molecule has 0 unspecified atom stereocenters. The third-order valence-corrected chi connectivity index (χ3v) is 7.03. The van der Waals surface area contributed by atoms with Crippen molar-refractivity contribution < 1.29 is 14.3 Å². The Labute approximate surface area is 185 Å². The largest absolute Gasteiger partial charge is 0.497 e. The topological polar surface area (TPSA) is 42.0 Å². The van der Waals surface area contributed by atoms with Crippen LogP contribution in [0.3, 0.4) is 0 Å². The van der Waals surface area contributed by atoms with Crippen molar-refractivity contribution in [1.82, 2.24) is 9.80 Å². The zero-order chi connectivity index (χ0) is 21.7. The van der Waals surface area contributed by atoms with Crippen LogP contribution >= 0.6 is 0 Å². The Hall–Kier alpha value is -2.53. The summed E-state index contributed by atoms with van der Waals surface area (Å²) in [5.41, 5.74) is 2.42. The van der Waals surface area contributed by atoms with Crippen molar-refractivity contribution in [3.8, 4) is 11.5 Å². The van der Waals surface area contributed by atoms with Crippen LogP contribution in [0, 0.1) is 5.41 Å². The molecule has 31 heavy (non-hydrogen) atoms. The average Bonchev–Trinajstić information content (AvgIpc) is 2.82. The minimum Gasteiger partial charge on any atom is -0.497 e. The highest BCUT2D eigenvalue weighted by Crippen LogP contribution is 2.42. The molecular weight excluding hydrogens is 388 g/mol. The van der Waals surface area contributed by atoms with Gasteiger partial charge in [-0.2, -0.15) is 0 Å². The maximum atomic E-state index is 12.9. The lowest BCUT2D eigenvalue weighted by atomic mass is 9.71. The number of piperidine rings is 2. The van der Waals surface area contributed by atoms with Crippen molar-refractivity contribution in [2.75, 3.05) is 39.9 Å². The number of benzene rings is 2. The number of para-hydroxylation sites is 1. The molecule has 1 spiro atoms. The van der Waals surface area contributed by atoms with E-state index in [0.29, 0.717) is 12.0 Å². The second kappa shape index (κ2) is 9.73. The van der Waals surface area contributed by atoms with Gasteiger partial charge in [0.25, 0.3) is 5.91 Å². The maximum absolute atomic E-state index is 12.9. The summed E-state index contributed by atoms with van der Waals surface area (Å²) in [6.07, 6.45) is 4.65. The van der Waals surface area contributed by atoms with Crippen molar-refractivity contribution >= 4 is 5.91 Å². The molecule has 0 atom stereocenters. The number of nitrogens with zero attached hydrogens (tertiary/aromatic N) is 2. The maximum Gasteiger partial charge on any atom is 0.253 e. The molecule has 0 saturated carbocycles. The number of hydrogen-bond donors (Lipinski definition) is 0. The summed E-state index contributed by atoms with van der Waals surface area (Å²) in [7, 11) is 1.64.